The van der Waals surface area contributed by atoms with E-state index in [1.54, 1.807) is 0 Å². The molecule has 0 saturated heterocycles. The highest BCUT2D eigenvalue weighted by Gasteiger charge is 2.50. The summed E-state index contributed by atoms with van der Waals surface area (Å²) < 4.78 is 0. The zero-order valence-electron chi connectivity index (χ0n) is 18.2. The van der Waals surface area contributed by atoms with Gasteiger partial charge in [-0.05, 0) is 49.8 Å². The number of aromatic amines is 1. The Balaban J connectivity index is 1.50. The van der Waals surface area contributed by atoms with E-state index in [-0.39, 0.29) is 5.84 Å². The number of H-pyrrole nitrogens is 1. The lowest BCUT2D eigenvalue weighted by Crippen LogP contribution is -2.28. The number of nitrogens with two attached hydrogens (primary N) is 1. The molecule has 0 radical (unpaired) electrons. The van der Waals surface area contributed by atoms with Gasteiger partial charge < -0.3 is 5.73 Å². The van der Waals surface area contributed by atoms with Crippen molar-refractivity contribution in [2.24, 2.45) is 5.73 Å². The summed E-state index contributed by atoms with van der Waals surface area (Å²) in [4.78, 5) is 4.67. The van der Waals surface area contributed by atoms with Gasteiger partial charge in [0, 0.05) is 5.56 Å². The SMILES string of the molecule is CCCCCCCCCCCc1cc(-c2n[nH]c(C3(C(=N)N)CC3)n2)ccc1C. The molecule has 1 aromatic heterocycles. The van der Waals surface area contributed by atoms with Crippen molar-refractivity contribution in [3.8, 4) is 11.4 Å². The average Bonchev–Trinajstić information content (AvgIpc) is 3.39. The molecular formula is C24H37N5. The van der Waals surface area contributed by atoms with Gasteiger partial charge >= 0.3 is 0 Å². The van der Waals surface area contributed by atoms with Gasteiger partial charge in [-0.2, -0.15) is 5.10 Å². The molecule has 0 bridgehead atoms. The minimum Gasteiger partial charge on any atom is -0.387 e. The molecule has 1 fully saturated rings. The molecule has 1 aromatic carbocycles. The van der Waals surface area contributed by atoms with E-state index in [1.807, 2.05) is 0 Å². The minimum absolute atomic E-state index is 0.190. The topological polar surface area (TPSA) is 91.4 Å². The number of hydrogen-bond acceptors (Lipinski definition) is 3. The second-order valence-electron chi connectivity index (χ2n) is 8.72. The normalized spacial score (nSPS) is 14.8. The molecule has 0 atom stereocenters. The van der Waals surface area contributed by atoms with Crippen molar-refractivity contribution in [3.05, 3.63) is 35.2 Å². The van der Waals surface area contributed by atoms with Crippen molar-refractivity contribution >= 4 is 5.84 Å². The Labute approximate surface area is 175 Å². The van der Waals surface area contributed by atoms with Crippen LogP contribution < -0.4 is 5.73 Å². The Morgan fingerprint density at radius 1 is 1.07 bits per heavy atom. The van der Waals surface area contributed by atoms with Crippen LogP contribution in [-0.2, 0) is 11.8 Å². The highest BCUT2D eigenvalue weighted by Crippen LogP contribution is 2.46. The third kappa shape index (κ3) is 5.46. The number of aryl methyl sites for hydroxylation is 2. The molecule has 0 amide bonds. The summed E-state index contributed by atoms with van der Waals surface area (Å²) in [5, 5.41) is 15.3. The monoisotopic (exact) mass is 395 g/mol. The molecule has 0 aliphatic heterocycles. The molecule has 4 N–H and O–H groups in total. The van der Waals surface area contributed by atoms with E-state index in [0.29, 0.717) is 5.82 Å². The zero-order valence-corrected chi connectivity index (χ0v) is 18.2. The van der Waals surface area contributed by atoms with Crippen LogP contribution in [0.2, 0.25) is 0 Å². The molecule has 5 heteroatoms. The summed E-state index contributed by atoms with van der Waals surface area (Å²) in [7, 11) is 0. The third-order valence-electron chi connectivity index (χ3n) is 6.36. The first-order valence-corrected chi connectivity index (χ1v) is 11.4. The second-order valence-corrected chi connectivity index (χ2v) is 8.72. The van der Waals surface area contributed by atoms with Crippen LogP contribution in [0.25, 0.3) is 11.4 Å². The Morgan fingerprint density at radius 3 is 2.34 bits per heavy atom. The maximum absolute atomic E-state index is 7.83. The number of rotatable bonds is 13. The highest BCUT2D eigenvalue weighted by atomic mass is 15.2. The van der Waals surface area contributed by atoms with Gasteiger partial charge in [-0.15, -0.1) is 0 Å². The largest absolute Gasteiger partial charge is 0.387 e. The van der Waals surface area contributed by atoms with E-state index >= 15 is 0 Å². The van der Waals surface area contributed by atoms with E-state index in [9.17, 15) is 0 Å². The predicted octanol–water partition coefficient (Wildman–Crippen LogP) is 5.82. The van der Waals surface area contributed by atoms with Gasteiger partial charge in [0.2, 0.25) is 0 Å². The molecule has 158 valence electrons. The number of nitrogens with zero attached hydrogens (tertiary/aromatic N) is 2. The van der Waals surface area contributed by atoms with Crippen LogP contribution in [0, 0.1) is 12.3 Å². The second kappa shape index (κ2) is 10.0. The molecule has 1 aliphatic rings. The number of aromatic nitrogens is 3. The first kappa shape index (κ1) is 21.5. The number of amidine groups is 1. The standard InChI is InChI=1S/C24H37N5/c1-3-4-5-6-7-8-9-10-11-12-19-17-20(14-13-18(19)2)21-27-23(29-28-21)24(15-16-24)22(25)26/h13-14,17H,3-12,15-16H2,1-2H3,(H3,25,26)(H,27,28,29). The summed E-state index contributed by atoms with van der Waals surface area (Å²) in [5.74, 6) is 1.64. The Hall–Kier alpha value is -2.17. The van der Waals surface area contributed by atoms with Crippen molar-refractivity contribution in [1.82, 2.24) is 15.2 Å². The maximum atomic E-state index is 7.83. The molecular weight excluding hydrogens is 358 g/mol. The molecule has 2 aromatic rings. The average molecular weight is 396 g/mol. The zero-order chi connectivity index (χ0) is 20.7. The third-order valence-corrected chi connectivity index (χ3v) is 6.36. The highest BCUT2D eigenvalue weighted by molar-refractivity contribution is 5.91. The number of hydrogen-bond donors (Lipinski definition) is 3. The number of benzene rings is 1. The smallest absolute Gasteiger partial charge is 0.181 e. The molecule has 5 nitrogen and oxygen atoms in total. The van der Waals surface area contributed by atoms with Crippen molar-refractivity contribution in [1.29, 1.82) is 5.41 Å². The first-order valence-electron chi connectivity index (χ1n) is 11.4. The fraction of sp³-hybridized carbons (Fsp3) is 0.625. The first-order chi connectivity index (χ1) is 14.1. The molecule has 1 heterocycles. The lowest BCUT2D eigenvalue weighted by Gasteiger charge is -2.09. The Kier molecular flexibility index (Phi) is 7.45. The minimum atomic E-state index is -0.394. The summed E-state index contributed by atoms with van der Waals surface area (Å²) in [6.07, 6.45) is 15.1. The fourth-order valence-corrected chi connectivity index (χ4v) is 4.07. The summed E-state index contributed by atoms with van der Waals surface area (Å²) in [6, 6.07) is 6.50. The molecule has 1 aliphatic carbocycles. The fourth-order valence-electron chi connectivity index (χ4n) is 4.07. The van der Waals surface area contributed by atoms with E-state index in [2.05, 4.69) is 47.2 Å². The quantitative estimate of drug-likeness (QED) is 0.227. The summed E-state index contributed by atoms with van der Waals surface area (Å²) >= 11 is 0. The Bertz CT molecular complexity index is 803. The van der Waals surface area contributed by atoms with Crippen molar-refractivity contribution in [3.63, 3.8) is 0 Å². The van der Waals surface area contributed by atoms with Gasteiger partial charge in [-0.1, -0.05) is 70.4 Å². The molecule has 0 spiro atoms. The van der Waals surface area contributed by atoms with Gasteiger partial charge in [0.15, 0.2) is 5.82 Å². The van der Waals surface area contributed by atoms with Crippen LogP contribution in [0.1, 0.15) is 94.5 Å². The lowest BCUT2D eigenvalue weighted by molar-refractivity contribution is 0.564. The van der Waals surface area contributed by atoms with Crippen LogP contribution in [0.4, 0.5) is 0 Å². The van der Waals surface area contributed by atoms with E-state index in [0.717, 1.165) is 30.7 Å². The van der Waals surface area contributed by atoms with Crippen molar-refractivity contribution in [2.75, 3.05) is 0 Å². The van der Waals surface area contributed by atoms with Crippen LogP contribution in [-0.4, -0.2) is 21.0 Å². The van der Waals surface area contributed by atoms with Crippen LogP contribution in [0.3, 0.4) is 0 Å². The predicted molar refractivity (Wildman–Crippen MR) is 120 cm³/mol. The maximum Gasteiger partial charge on any atom is 0.181 e. The van der Waals surface area contributed by atoms with Gasteiger partial charge in [0.05, 0.1) is 5.41 Å². The van der Waals surface area contributed by atoms with E-state index < -0.39 is 5.41 Å². The van der Waals surface area contributed by atoms with Gasteiger partial charge in [-0.3, -0.25) is 10.5 Å². The van der Waals surface area contributed by atoms with E-state index in [1.165, 1.54) is 68.9 Å². The molecule has 1 saturated carbocycles. The molecule has 29 heavy (non-hydrogen) atoms. The van der Waals surface area contributed by atoms with Crippen LogP contribution in [0.15, 0.2) is 18.2 Å². The molecule has 3 rings (SSSR count). The number of nitrogens with one attached hydrogen (secondary N) is 2. The summed E-state index contributed by atoms with van der Waals surface area (Å²) in [6.45, 7) is 4.46. The van der Waals surface area contributed by atoms with Gasteiger partial charge in [0.1, 0.15) is 11.7 Å². The van der Waals surface area contributed by atoms with Crippen LogP contribution in [0.5, 0.6) is 0 Å². The Morgan fingerprint density at radius 2 is 1.72 bits per heavy atom. The van der Waals surface area contributed by atoms with Crippen LogP contribution >= 0.6 is 0 Å². The molecule has 0 unspecified atom stereocenters. The van der Waals surface area contributed by atoms with Crippen molar-refractivity contribution in [2.45, 2.75) is 96.3 Å². The number of unbranched alkanes of at least 4 members (excludes halogenated alkanes) is 8. The van der Waals surface area contributed by atoms with E-state index in [4.69, 9.17) is 11.1 Å². The van der Waals surface area contributed by atoms with Gasteiger partial charge in [-0.25, -0.2) is 4.98 Å². The van der Waals surface area contributed by atoms with Gasteiger partial charge in [0.25, 0.3) is 0 Å². The summed E-state index contributed by atoms with van der Waals surface area (Å²) in [5.41, 5.74) is 9.16. The van der Waals surface area contributed by atoms with Crippen molar-refractivity contribution < 1.29 is 0 Å². The lowest BCUT2D eigenvalue weighted by atomic mass is 9.98.